The molecule has 0 heterocycles. The van der Waals surface area contributed by atoms with Gasteiger partial charge in [0.15, 0.2) is 0 Å². The second-order valence-electron chi connectivity index (χ2n) is 4.95. The summed E-state index contributed by atoms with van der Waals surface area (Å²) in [6.07, 6.45) is 1.38. The predicted molar refractivity (Wildman–Crippen MR) is 78.7 cm³/mol. The molecule has 0 aromatic heterocycles. The van der Waals surface area contributed by atoms with Gasteiger partial charge in [-0.3, -0.25) is 0 Å². The number of halogens is 2. The van der Waals surface area contributed by atoms with E-state index in [2.05, 4.69) is 5.32 Å². The molecule has 0 spiro atoms. The van der Waals surface area contributed by atoms with E-state index in [1.54, 1.807) is 0 Å². The largest absolute Gasteiger partial charge is 0.396 e. The lowest BCUT2D eigenvalue weighted by molar-refractivity contribution is 0.274. The highest BCUT2D eigenvalue weighted by Gasteiger charge is 2.12. The summed E-state index contributed by atoms with van der Waals surface area (Å²) in [6, 6.07) is 13.2. The van der Waals surface area contributed by atoms with Crippen LogP contribution in [0.5, 0.6) is 0 Å². The van der Waals surface area contributed by atoms with Crippen molar-refractivity contribution >= 4 is 0 Å². The second kappa shape index (κ2) is 7.86. The fourth-order valence-corrected chi connectivity index (χ4v) is 2.28. The third kappa shape index (κ3) is 4.62. The molecule has 0 fully saturated rings. The maximum Gasteiger partial charge on any atom is 0.127 e. The van der Waals surface area contributed by atoms with Gasteiger partial charge in [-0.05, 0) is 36.6 Å². The van der Waals surface area contributed by atoms with Gasteiger partial charge >= 0.3 is 0 Å². The molecule has 0 radical (unpaired) electrons. The van der Waals surface area contributed by atoms with E-state index in [0.717, 1.165) is 24.1 Å². The van der Waals surface area contributed by atoms with Crippen LogP contribution in [-0.2, 0) is 6.54 Å². The number of nitrogens with one attached hydrogen (secondary N) is 1. The van der Waals surface area contributed by atoms with E-state index >= 15 is 0 Å². The number of hydrogen-bond donors (Lipinski definition) is 2. The Morgan fingerprint density at radius 1 is 1.05 bits per heavy atom. The standard InChI is InChI=1S/C17H19F2NO/c18-15-8-9-16(19)14(11-15)12-20-17(7-4-10-21)13-5-2-1-3-6-13/h1-3,5-6,8-9,11,17,20-21H,4,7,10,12H2. The van der Waals surface area contributed by atoms with E-state index in [1.807, 2.05) is 30.3 Å². The quantitative estimate of drug-likeness (QED) is 0.817. The Hall–Kier alpha value is -1.78. The van der Waals surface area contributed by atoms with Crippen molar-refractivity contribution in [3.8, 4) is 0 Å². The minimum Gasteiger partial charge on any atom is -0.396 e. The van der Waals surface area contributed by atoms with Crippen LogP contribution in [0.25, 0.3) is 0 Å². The van der Waals surface area contributed by atoms with E-state index in [-0.39, 0.29) is 19.2 Å². The molecule has 0 saturated carbocycles. The molecule has 0 aliphatic rings. The SMILES string of the molecule is OCCCC(NCc1cc(F)ccc1F)c1ccccc1. The Balaban J connectivity index is 2.07. The van der Waals surface area contributed by atoms with Crippen LogP contribution in [0.4, 0.5) is 8.78 Å². The molecule has 4 heteroatoms. The van der Waals surface area contributed by atoms with Crippen molar-refractivity contribution in [2.24, 2.45) is 0 Å². The van der Waals surface area contributed by atoms with Crippen molar-refractivity contribution in [3.63, 3.8) is 0 Å². The van der Waals surface area contributed by atoms with Gasteiger partial charge in [-0.25, -0.2) is 8.78 Å². The average Bonchev–Trinajstić information content (AvgIpc) is 2.51. The molecule has 2 aromatic rings. The van der Waals surface area contributed by atoms with Crippen molar-refractivity contribution in [1.82, 2.24) is 5.32 Å². The monoisotopic (exact) mass is 291 g/mol. The summed E-state index contributed by atoms with van der Waals surface area (Å²) in [5.74, 6) is -0.863. The molecule has 2 nitrogen and oxygen atoms in total. The maximum absolute atomic E-state index is 13.6. The molecule has 0 aliphatic carbocycles. The molecule has 0 saturated heterocycles. The van der Waals surface area contributed by atoms with Crippen molar-refractivity contribution in [3.05, 3.63) is 71.3 Å². The molecular weight excluding hydrogens is 272 g/mol. The highest BCUT2D eigenvalue weighted by atomic mass is 19.1. The molecule has 2 aromatic carbocycles. The molecule has 2 rings (SSSR count). The first-order chi connectivity index (χ1) is 10.2. The topological polar surface area (TPSA) is 32.3 Å². The number of aliphatic hydroxyl groups excluding tert-OH is 1. The molecule has 2 N–H and O–H groups in total. The van der Waals surface area contributed by atoms with Crippen molar-refractivity contribution in [2.45, 2.75) is 25.4 Å². The first-order valence-corrected chi connectivity index (χ1v) is 7.04. The van der Waals surface area contributed by atoms with E-state index in [9.17, 15) is 8.78 Å². The minimum atomic E-state index is -0.445. The summed E-state index contributed by atoms with van der Waals surface area (Å²) in [5.41, 5.74) is 1.38. The lowest BCUT2D eigenvalue weighted by atomic mass is 10.0. The van der Waals surface area contributed by atoms with Gasteiger partial charge in [-0.2, -0.15) is 0 Å². The lowest BCUT2D eigenvalue weighted by Crippen LogP contribution is -2.22. The van der Waals surface area contributed by atoms with Crippen molar-refractivity contribution < 1.29 is 13.9 Å². The van der Waals surface area contributed by atoms with Crippen molar-refractivity contribution in [1.29, 1.82) is 0 Å². The first kappa shape index (κ1) is 15.6. The van der Waals surface area contributed by atoms with Gasteiger partial charge in [0.1, 0.15) is 11.6 Å². The fourth-order valence-electron chi connectivity index (χ4n) is 2.28. The summed E-state index contributed by atoms with van der Waals surface area (Å²) in [5, 5.41) is 12.2. The van der Waals surface area contributed by atoms with E-state index in [4.69, 9.17) is 5.11 Å². The molecule has 1 atom stereocenters. The van der Waals surface area contributed by atoms with Gasteiger partial charge in [0.2, 0.25) is 0 Å². The third-order valence-electron chi connectivity index (χ3n) is 3.40. The molecular formula is C17H19F2NO. The number of hydrogen-bond acceptors (Lipinski definition) is 2. The Bertz CT molecular complexity index is 560. The molecule has 0 aliphatic heterocycles. The Morgan fingerprint density at radius 3 is 2.52 bits per heavy atom. The zero-order chi connectivity index (χ0) is 15.1. The number of aliphatic hydroxyl groups is 1. The maximum atomic E-state index is 13.6. The Kier molecular flexibility index (Phi) is 5.84. The highest BCUT2D eigenvalue weighted by molar-refractivity contribution is 5.21. The van der Waals surface area contributed by atoms with Crippen LogP contribution in [0.2, 0.25) is 0 Å². The molecule has 0 amide bonds. The van der Waals surface area contributed by atoms with Crippen molar-refractivity contribution in [2.75, 3.05) is 6.61 Å². The molecule has 0 bridgehead atoms. The second-order valence-corrected chi connectivity index (χ2v) is 4.95. The smallest absolute Gasteiger partial charge is 0.127 e. The molecule has 21 heavy (non-hydrogen) atoms. The van der Waals surface area contributed by atoms with Gasteiger partial charge in [-0.1, -0.05) is 30.3 Å². The van der Waals surface area contributed by atoms with Gasteiger partial charge in [-0.15, -0.1) is 0 Å². The van der Waals surface area contributed by atoms with Crippen LogP contribution in [0, 0.1) is 11.6 Å². The van der Waals surface area contributed by atoms with Gasteiger partial charge in [0.05, 0.1) is 0 Å². The van der Waals surface area contributed by atoms with E-state index < -0.39 is 11.6 Å². The molecule has 112 valence electrons. The number of rotatable bonds is 7. The van der Waals surface area contributed by atoms with Gasteiger partial charge in [0, 0.05) is 24.8 Å². The van der Waals surface area contributed by atoms with Crippen LogP contribution in [0.3, 0.4) is 0 Å². The predicted octanol–water partition coefficient (Wildman–Crippen LogP) is 3.57. The summed E-state index contributed by atoms with van der Waals surface area (Å²) < 4.78 is 26.8. The summed E-state index contributed by atoms with van der Waals surface area (Å²) in [7, 11) is 0. The van der Waals surface area contributed by atoms with Crippen LogP contribution < -0.4 is 5.32 Å². The zero-order valence-corrected chi connectivity index (χ0v) is 11.7. The first-order valence-electron chi connectivity index (χ1n) is 7.04. The number of benzene rings is 2. The fraction of sp³-hybridized carbons (Fsp3) is 0.294. The summed E-state index contributed by atoms with van der Waals surface area (Å²) >= 11 is 0. The minimum absolute atomic E-state index is 0.000942. The summed E-state index contributed by atoms with van der Waals surface area (Å²) in [6.45, 7) is 0.355. The van der Waals surface area contributed by atoms with E-state index in [1.165, 1.54) is 6.07 Å². The zero-order valence-electron chi connectivity index (χ0n) is 11.7. The van der Waals surface area contributed by atoms with Crippen LogP contribution in [0.15, 0.2) is 48.5 Å². The average molecular weight is 291 g/mol. The van der Waals surface area contributed by atoms with Gasteiger partial charge < -0.3 is 10.4 Å². The molecule has 1 unspecified atom stereocenters. The van der Waals surface area contributed by atoms with Gasteiger partial charge in [0.25, 0.3) is 0 Å². The lowest BCUT2D eigenvalue weighted by Gasteiger charge is -2.19. The van der Waals surface area contributed by atoms with Crippen LogP contribution in [-0.4, -0.2) is 11.7 Å². The third-order valence-corrected chi connectivity index (χ3v) is 3.40. The Labute approximate surface area is 123 Å². The van der Waals surface area contributed by atoms with Crippen LogP contribution >= 0.6 is 0 Å². The highest BCUT2D eigenvalue weighted by Crippen LogP contribution is 2.19. The normalized spacial score (nSPS) is 12.3. The summed E-state index contributed by atoms with van der Waals surface area (Å²) in [4.78, 5) is 0. The Morgan fingerprint density at radius 2 is 1.81 bits per heavy atom. The van der Waals surface area contributed by atoms with E-state index in [0.29, 0.717) is 12.0 Å². The van der Waals surface area contributed by atoms with Crippen LogP contribution in [0.1, 0.15) is 30.0 Å².